The molecule has 0 saturated heterocycles. The van der Waals surface area contributed by atoms with E-state index < -0.39 is 0 Å². The summed E-state index contributed by atoms with van der Waals surface area (Å²) in [6.45, 7) is 4.03. The number of ketones is 2. The van der Waals surface area contributed by atoms with Crippen molar-refractivity contribution in [2.24, 2.45) is 0 Å². The molecule has 6 heteroatoms. The summed E-state index contributed by atoms with van der Waals surface area (Å²) in [5, 5.41) is 1.27. The summed E-state index contributed by atoms with van der Waals surface area (Å²) in [4.78, 5) is 26.6. The number of fused-ring (bicyclic) bond motifs is 2. The normalized spacial score (nSPS) is 14.9. The van der Waals surface area contributed by atoms with Gasteiger partial charge in [0.1, 0.15) is 23.7 Å². The van der Waals surface area contributed by atoms with Gasteiger partial charge in [0.25, 0.3) is 0 Å². The Kier molecular flexibility index (Phi) is 6.94. The third-order valence-electron chi connectivity index (χ3n) is 4.84. The third-order valence-corrected chi connectivity index (χ3v) is 6.29. The van der Waals surface area contributed by atoms with Crippen LogP contribution in [0.15, 0.2) is 36.4 Å². The summed E-state index contributed by atoms with van der Waals surface area (Å²) in [6.07, 6.45) is 1.36. The minimum atomic E-state index is -0.207. The van der Waals surface area contributed by atoms with E-state index in [1.54, 1.807) is 36.4 Å². The molecule has 2 unspecified atom stereocenters. The molecule has 0 bridgehead atoms. The number of carbonyl (C=O) groups is 2. The largest absolute Gasteiger partial charge is 0.489 e. The van der Waals surface area contributed by atoms with Gasteiger partial charge in [0, 0.05) is 21.8 Å². The molecule has 0 radical (unpaired) electrons. The number of rotatable bonds is 8. The average Bonchev–Trinajstić information content (AvgIpc) is 2.74. The van der Waals surface area contributed by atoms with Crippen LogP contribution in [0.25, 0.3) is 0 Å². The highest BCUT2D eigenvalue weighted by Crippen LogP contribution is 2.39. The summed E-state index contributed by atoms with van der Waals surface area (Å²) >= 11 is 6.88. The lowest BCUT2D eigenvalue weighted by atomic mass is 9.83. The summed E-state index contributed by atoms with van der Waals surface area (Å²) in [6, 6.07) is 10.4. The SMILES string of the molecule is CCC(CBr)Oc1ccc(OC(CC)CBr)c2c1C(=O)c1ccccc1C2=O. The number of hydrogen-bond acceptors (Lipinski definition) is 4. The van der Waals surface area contributed by atoms with Crippen LogP contribution in [-0.2, 0) is 0 Å². The van der Waals surface area contributed by atoms with Gasteiger partial charge >= 0.3 is 0 Å². The van der Waals surface area contributed by atoms with Gasteiger partial charge in [0.15, 0.2) is 11.6 Å². The van der Waals surface area contributed by atoms with E-state index in [2.05, 4.69) is 31.9 Å². The van der Waals surface area contributed by atoms with Crippen molar-refractivity contribution in [1.82, 2.24) is 0 Å². The van der Waals surface area contributed by atoms with Crippen molar-refractivity contribution in [3.8, 4) is 11.5 Å². The van der Waals surface area contributed by atoms with Gasteiger partial charge in [-0.05, 0) is 25.0 Å². The molecule has 2 atom stereocenters. The number of halogens is 2. The van der Waals surface area contributed by atoms with Crippen molar-refractivity contribution in [3.63, 3.8) is 0 Å². The van der Waals surface area contributed by atoms with E-state index in [1.165, 1.54) is 0 Å². The van der Waals surface area contributed by atoms with Crippen molar-refractivity contribution >= 4 is 43.4 Å². The predicted octanol–water partition coefficient (Wildman–Crippen LogP) is 5.57. The van der Waals surface area contributed by atoms with Crippen molar-refractivity contribution in [2.45, 2.75) is 38.9 Å². The van der Waals surface area contributed by atoms with Crippen molar-refractivity contribution < 1.29 is 19.1 Å². The average molecular weight is 510 g/mol. The molecular formula is C22H22Br2O4. The lowest BCUT2D eigenvalue weighted by Crippen LogP contribution is -2.26. The highest BCUT2D eigenvalue weighted by Gasteiger charge is 2.35. The van der Waals surface area contributed by atoms with Gasteiger partial charge < -0.3 is 9.47 Å². The quantitative estimate of drug-likeness (QED) is 0.372. The predicted molar refractivity (Wildman–Crippen MR) is 117 cm³/mol. The molecule has 0 N–H and O–H groups in total. The van der Waals surface area contributed by atoms with Crippen LogP contribution in [-0.4, -0.2) is 34.4 Å². The van der Waals surface area contributed by atoms with Crippen LogP contribution >= 0.6 is 31.9 Å². The summed E-state index contributed by atoms with van der Waals surface area (Å²) in [5.41, 5.74) is 1.40. The molecule has 0 aliphatic heterocycles. The van der Waals surface area contributed by atoms with Gasteiger partial charge in [-0.15, -0.1) is 0 Å². The Morgan fingerprint density at radius 2 is 1.14 bits per heavy atom. The molecule has 28 heavy (non-hydrogen) atoms. The smallest absolute Gasteiger partial charge is 0.198 e. The van der Waals surface area contributed by atoms with Crippen molar-refractivity contribution in [3.05, 3.63) is 58.7 Å². The van der Waals surface area contributed by atoms with Gasteiger partial charge in [0.2, 0.25) is 0 Å². The molecule has 0 saturated carbocycles. The molecule has 4 nitrogen and oxygen atoms in total. The Hall–Kier alpha value is -1.66. The molecule has 0 spiro atoms. The monoisotopic (exact) mass is 508 g/mol. The number of hydrogen-bond donors (Lipinski definition) is 0. The number of ether oxygens (including phenoxy) is 2. The second-order valence-electron chi connectivity index (χ2n) is 6.62. The van der Waals surface area contributed by atoms with Crippen molar-refractivity contribution in [1.29, 1.82) is 0 Å². The van der Waals surface area contributed by atoms with Crippen LogP contribution < -0.4 is 9.47 Å². The second kappa shape index (κ2) is 9.23. The minimum Gasteiger partial charge on any atom is -0.489 e. The van der Waals surface area contributed by atoms with E-state index >= 15 is 0 Å². The van der Waals surface area contributed by atoms with E-state index in [9.17, 15) is 9.59 Å². The molecule has 0 amide bonds. The maximum atomic E-state index is 13.3. The Morgan fingerprint density at radius 3 is 1.46 bits per heavy atom. The van der Waals surface area contributed by atoms with Crippen LogP contribution in [0.3, 0.4) is 0 Å². The molecule has 2 aromatic carbocycles. The Morgan fingerprint density at radius 1 is 0.750 bits per heavy atom. The van der Waals surface area contributed by atoms with Gasteiger partial charge in [-0.3, -0.25) is 9.59 Å². The van der Waals surface area contributed by atoms with Crippen LogP contribution in [0.1, 0.15) is 58.5 Å². The topological polar surface area (TPSA) is 52.6 Å². The van der Waals surface area contributed by atoms with E-state index in [1.807, 2.05) is 13.8 Å². The zero-order chi connectivity index (χ0) is 20.3. The maximum absolute atomic E-state index is 13.3. The number of alkyl halides is 2. The van der Waals surface area contributed by atoms with Crippen LogP contribution in [0.2, 0.25) is 0 Å². The van der Waals surface area contributed by atoms with Gasteiger partial charge in [-0.25, -0.2) is 0 Å². The molecule has 148 valence electrons. The molecular weight excluding hydrogens is 488 g/mol. The molecule has 1 aliphatic rings. The molecule has 1 aliphatic carbocycles. The second-order valence-corrected chi connectivity index (χ2v) is 7.92. The number of benzene rings is 2. The summed E-state index contributed by atoms with van der Waals surface area (Å²) in [7, 11) is 0. The van der Waals surface area contributed by atoms with E-state index in [4.69, 9.17) is 9.47 Å². The zero-order valence-electron chi connectivity index (χ0n) is 15.8. The zero-order valence-corrected chi connectivity index (χ0v) is 19.0. The fourth-order valence-corrected chi connectivity index (χ4v) is 4.35. The molecule has 0 aromatic heterocycles. The fraction of sp³-hybridized carbons (Fsp3) is 0.364. The summed E-state index contributed by atoms with van der Waals surface area (Å²) < 4.78 is 12.1. The van der Waals surface area contributed by atoms with Crippen LogP contribution in [0.5, 0.6) is 11.5 Å². The summed E-state index contributed by atoms with van der Waals surface area (Å²) in [5.74, 6) is 0.436. The molecule has 2 aromatic rings. The van der Waals surface area contributed by atoms with E-state index in [-0.39, 0.29) is 23.8 Å². The molecule has 3 rings (SSSR count). The third kappa shape index (κ3) is 3.90. The van der Waals surface area contributed by atoms with E-state index in [0.29, 0.717) is 44.4 Å². The number of carbonyl (C=O) groups excluding carboxylic acids is 2. The van der Waals surface area contributed by atoms with Gasteiger partial charge in [-0.1, -0.05) is 70.0 Å². The van der Waals surface area contributed by atoms with Crippen molar-refractivity contribution in [2.75, 3.05) is 10.7 Å². The first-order chi connectivity index (χ1) is 13.5. The lowest BCUT2D eigenvalue weighted by molar-refractivity contribution is 0.0967. The highest BCUT2D eigenvalue weighted by atomic mass is 79.9. The van der Waals surface area contributed by atoms with E-state index in [0.717, 1.165) is 12.8 Å². The standard InChI is InChI=1S/C22H22Br2O4/c1-3-13(11-23)27-17-9-10-18(28-14(4-2)12-24)20-19(17)21(25)15-7-5-6-8-16(15)22(20)26/h5-10,13-14H,3-4,11-12H2,1-2H3. The van der Waals surface area contributed by atoms with Crippen LogP contribution in [0.4, 0.5) is 0 Å². The minimum absolute atomic E-state index is 0.0955. The first-order valence-corrected chi connectivity index (χ1v) is 11.6. The Labute approximate surface area is 181 Å². The van der Waals surface area contributed by atoms with Gasteiger partial charge in [-0.2, -0.15) is 0 Å². The highest BCUT2D eigenvalue weighted by molar-refractivity contribution is 9.09. The maximum Gasteiger partial charge on any atom is 0.198 e. The Bertz CT molecular complexity index is 814. The van der Waals surface area contributed by atoms with Gasteiger partial charge in [0.05, 0.1) is 11.1 Å². The first-order valence-electron chi connectivity index (χ1n) is 9.36. The molecule has 0 heterocycles. The fourth-order valence-electron chi connectivity index (χ4n) is 3.17. The van der Waals surface area contributed by atoms with Crippen LogP contribution in [0, 0.1) is 0 Å². The molecule has 0 fully saturated rings. The lowest BCUT2D eigenvalue weighted by Gasteiger charge is -2.26. The Balaban J connectivity index is 2.17. The first kappa shape index (κ1) is 21.1.